The van der Waals surface area contributed by atoms with E-state index in [1.54, 1.807) is 6.21 Å². The second-order valence-electron chi connectivity index (χ2n) is 6.89. The highest BCUT2D eigenvalue weighted by molar-refractivity contribution is 8.00. The molecule has 0 aliphatic heterocycles. The smallest absolute Gasteiger partial charge is 0.250 e. The van der Waals surface area contributed by atoms with Gasteiger partial charge in [-0.25, -0.2) is 5.43 Å². The molecule has 0 aliphatic carbocycles. The summed E-state index contributed by atoms with van der Waals surface area (Å²) >= 11 is 1.48. The maximum Gasteiger partial charge on any atom is 0.250 e. The molecule has 0 fully saturated rings. The van der Waals surface area contributed by atoms with Crippen LogP contribution in [0.25, 0.3) is 10.8 Å². The third-order valence-electron chi connectivity index (χ3n) is 4.67. The van der Waals surface area contributed by atoms with Crippen molar-refractivity contribution < 1.29 is 9.53 Å². The molecule has 4 rings (SSSR count). The second kappa shape index (κ2) is 10.5. The standard InChI is InChI=1S/C26H22N2O2S/c29-26(19-31-24-10-2-1-3-11-24)28-27-17-20-13-15-23(16-14-20)30-18-22-9-6-8-21-7-4-5-12-25(21)22/h1-17H,18-19H2,(H,28,29)/b27-17-. The van der Waals surface area contributed by atoms with E-state index in [-0.39, 0.29) is 5.91 Å². The summed E-state index contributed by atoms with van der Waals surface area (Å²) in [7, 11) is 0. The molecule has 4 nitrogen and oxygen atoms in total. The first-order valence-electron chi connectivity index (χ1n) is 9.97. The van der Waals surface area contributed by atoms with Crippen LogP contribution in [0.2, 0.25) is 0 Å². The first-order chi connectivity index (χ1) is 15.3. The average Bonchev–Trinajstić information content (AvgIpc) is 2.83. The van der Waals surface area contributed by atoms with Gasteiger partial charge < -0.3 is 4.74 Å². The third-order valence-corrected chi connectivity index (χ3v) is 5.68. The van der Waals surface area contributed by atoms with E-state index in [1.165, 1.54) is 22.5 Å². The zero-order valence-electron chi connectivity index (χ0n) is 16.9. The van der Waals surface area contributed by atoms with Crippen LogP contribution in [-0.2, 0) is 11.4 Å². The van der Waals surface area contributed by atoms with Gasteiger partial charge >= 0.3 is 0 Å². The number of nitrogens with zero attached hydrogens (tertiary/aromatic N) is 1. The van der Waals surface area contributed by atoms with E-state index in [2.05, 4.69) is 34.8 Å². The molecule has 1 amide bonds. The van der Waals surface area contributed by atoms with Crippen LogP contribution < -0.4 is 10.2 Å². The Labute approximate surface area is 186 Å². The highest BCUT2D eigenvalue weighted by Gasteiger charge is 2.03. The van der Waals surface area contributed by atoms with Gasteiger partial charge in [-0.1, -0.05) is 60.7 Å². The van der Waals surface area contributed by atoms with Gasteiger partial charge in [0.15, 0.2) is 0 Å². The Hall–Kier alpha value is -3.57. The van der Waals surface area contributed by atoms with Gasteiger partial charge in [-0.05, 0) is 58.3 Å². The first-order valence-corrected chi connectivity index (χ1v) is 11.0. The van der Waals surface area contributed by atoms with Gasteiger partial charge in [0.2, 0.25) is 5.91 Å². The summed E-state index contributed by atoms with van der Waals surface area (Å²) in [4.78, 5) is 13.0. The molecule has 0 bridgehead atoms. The number of ether oxygens (including phenoxy) is 1. The van der Waals surface area contributed by atoms with Crippen LogP contribution in [-0.4, -0.2) is 17.9 Å². The molecule has 4 aromatic rings. The van der Waals surface area contributed by atoms with Crippen LogP contribution in [0.15, 0.2) is 107 Å². The number of thioether (sulfide) groups is 1. The molecule has 154 valence electrons. The lowest BCUT2D eigenvalue weighted by molar-refractivity contribution is -0.118. The predicted molar refractivity (Wildman–Crippen MR) is 128 cm³/mol. The molecule has 31 heavy (non-hydrogen) atoms. The lowest BCUT2D eigenvalue weighted by Gasteiger charge is -2.09. The fraction of sp³-hybridized carbons (Fsp3) is 0.0769. The van der Waals surface area contributed by atoms with Crippen LogP contribution in [0, 0.1) is 0 Å². The predicted octanol–water partition coefficient (Wildman–Crippen LogP) is 5.66. The number of carbonyl (C=O) groups excluding carboxylic acids is 1. The Morgan fingerprint density at radius 2 is 1.61 bits per heavy atom. The number of benzene rings is 4. The van der Waals surface area contributed by atoms with Crippen LogP contribution >= 0.6 is 11.8 Å². The van der Waals surface area contributed by atoms with Gasteiger partial charge in [0.05, 0.1) is 12.0 Å². The maximum atomic E-state index is 11.9. The molecule has 0 atom stereocenters. The second-order valence-corrected chi connectivity index (χ2v) is 7.94. The van der Waals surface area contributed by atoms with Gasteiger partial charge in [0, 0.05) is 4.90 Å². The molecule has 0 saturated heterocycles. The molecule has 0 aromatic heterocycles. The molecule has 0 spiro atoms. The monoisotopic (exact) mass is 426 g/mol. The topological polar surface area (TPSA) is 50.7 Å². The highest BCUT2D eigenvalue weighted by atomic mass is 32.2. The summed E-state index contributed by atoms with van der Waals surface area (Å²) in [6.45, 7) is 0.504. The van der Waals surface area contributed by atoms with Crippen molar-refractivity contribution in [3.8, 4) is 5.75 Å². The number of rotatable bonds is 8. The summed E-state index contributed by atoms with van der Waals surface area (Å²) < 4.78 is 5.95. The summed E-state index contributed by atoms with van der Waals surface area (Å²) in [5.74, 6) is 0.969. The van der Waals surface area contributed by atoms with Crippen LogP contribution in [0.4, 0.5) is 0 Å². The number of carbonyl (C=O) groups is 1. The highest BCUT2D eigenvalue weighted by Crippen LogP contribution is 2.21. The zero-order chi connectivity index (χ0) is 21.3. The minimum atomic E-state index is -0.139. The number of fused-ring (bicyclic) bond motifs is 1. The summed E-state index contributed by atoms with van der Waals surface area (Å²) in [6, 6.07) is 32.0. The Balaban J connectivity index is 1.26. The van der Waals surface area contributed by atoms with Crippen molar-refractivity contribution in [3.63, 3.8) is 0 Å². The summed E-state index contributed by atoms with van der Waals surface area (Å²) in [6.07, 6.45) is 1.62. The molecule has 5 heteroatoms. The summed E-state index contributed by atoms with van der Waals surface area (Å²) in [5.41, 5.74) is 4.59. The third kappa shape index (κ3) is 5.96. The van der Waals surface area contributed by atoms with E-state index in [0.717, 1.165) is 21.8 Å². The van der Waals surface area contributed by atoms with Gasteiger partial charge in [-0.3, -0.25) is 4.79 Å². The van der Waals surface area contributed by atoms with E-state index in [0.29, 0.717) is 12.4 Å². The van der Waals surface area contributed by atoms with Crippen molar-refractivity contribution in [2.75, 3.05) is 5.75 Å². The van der Waals surface area contributed by atoms with Crippen molar-refractivity contribution in [2.45, 2.75) is 11.5 Å². The molecule has 0 saturated carbocycles. The molecule has 0 aliphatic rings. The fourth-order valence-electron chi connectivity index (χ4n) is 3.11. The molecular formula is C26H22N2O2S. The van der Waals surface area contributed by atoms with Crippen molar-refractivity contribution >= 4 is 34.7 Å². The number of hydrogen-bond acceptors (Lipinski definition) is 4. The Morgan fingerprint density at radius 3 is 2.45 bits per heavy atom. The fourth-order valence-corrected chi connectivity index (χ4v) is 3.82. The molecule has 0 heterocycles. The van der Waals surface area contributed by atoms with E-state index in [1.807, 2.05) is 72.8 Å². The van der Waals surface area contributed by atoms with E-state index < -0.39 is 0 Å². The minimum absolute atomic E-state index is 0.139. The first kappa shape index (κ1) is 20.7. The van der Waals surface area contributed by atoms with Crippen LogP contribution in [0.3, 0.4) is 0 Å². The molecular weight excluding hydrogens is 404 g/mol. The van der Waals surface area contributed by atoms with Gasteiger partial charge in [-0.2, -0.15) is 5.10 Å². The lowest BCUT2D eigenvalue weighted by atomic mass is 10.1. The Morgan fingerprint density at radius 1 is 0.871 bits per heavy atom. The largest absolute Gasteiger partial charge is 0.489 e. The van der Waals surface area contributed by atoms with Crippen molar-refractivity contribution in [3.05, 3.63) is 108 Å². The van der Waals surface area contributed by atoms with Crippen LogP contribution in [0.1, 0.15) is 11.1 Å². The van der Waals surface area contributed by atoms with Crippen molar-refractivity contribution in [1.82, 2.24) is 5.43 Å². The van der Waals surface area contributed by atoms with Gasteiger partial charge in [-0.15, -0.1) is 11.8 Å². The molecule has 1 N–H and O–H groups in total. The molecule has 0 radical (unpaired) electrons. The lowest BCUT2D eigenvalue weighted by Crippen LogP contribution is -2.19. The molecule has 0 unspecified atom stereocenters. The van der Waals surface area contributed by atoms with Gasteiger partial charge in [0.1, 0.15) is 12.4 Å². The summed E-state index contributed by atoms with van der Waals surface area (Å²) in [5, 5.41) is 6.44. The SMILES string of the molecule is O=C(CSc1ccccc1)N/N=C\c1ccc(OCc2cccc3ccccc23)cc1. The van der Waals surface area contributed by atoms with Gasteiger partial charge in [0.25, 0.3) is 0 Å². The molecule has 4 aromatic carbocycles. The average molecular weight is 427 g/mol. The van der Waals surface area contributed by atoms with Crippen molar-refractivity contribution in [1.29, 1.82) is 0 Å². The minimum Gasteiger partial charge on any atom is -0.489 e. The van der Waals surface area contributed by atoms with E-state index >= 15 is 0 Å². The van der Waals surface area contributed by atoms with Crippen LogP contribution in [0.5, 0.6) is 5.75 Å². The Kier molecular flexibility index (Phi) is 6.98. The van der Waals surface area contributed by atoms with Crippen molar-refractivity contribution in [2.24, 2.45) is 5.10 Å². The van der Waals surface area contributed by atoms with E-state index in [9.17, 15) is 4.79 Å². The number of amides is 1. The Bertz CT molecular complexity index is 1170. The number of hydrazone groups is 1. The quantitative estimate of drug-likeness (QED) is 0.225. The number of hydrogen-bond donors (Lipinski definition) is 1. The normalized spacial score (nSPS) is 11.0. The van der Waals surface area contributed by atoms with E-state index in [4.69, 9.17) is 4.74 Å². The zero-order valence-corrected chi connectivity index (χ0v) is 17.7. The maximum absolute atomic E-state index is 11.9. The number of nitrogens with one attached hydrogen (secondary N) is 1.